The zero-order valence-corrected chi connectivity index (χ0v) is 8.06. The average molecular weight is 198 g/mol. The average Bonchev–Trinajstić information content (AvgIpc) is 2.09. The molecule has 14 heavy (non-hydrogen) atoms. The van der Waals surface area contributed by atoms with Crippen LogP contribution in [0.3, 0.4) is 0 Å². The number of carboxylic acids is 1. The maximum Gasteiger partial charge on any atom is 0.317 e. The normalized spacial score (nSPS) is 30.1. The number of aliphatic carboxylic acids is 1. The fraction of sp³-hybridized carbons (Fsp3) is 0.500. The summed E-state index contributed by atoms with van der Waals surface area (Å²) in [5, 5.41) is 18.8. The molecule has 0 heterocycles. The number of rotatable bonds is 5. The van der Waals surface area contributed by atoms with Crippen molar-refractivity contribution in [2.45, 2.75) is 18.4 Å². The number of methoxy groups -OCH3 is 1. The minimum atomic E-state index is -1.27. The van der Waals surface area contributed by atoms with Gasteiger partial charge in [0.15, 0.2) is 0 Å². The minimum absolute atomic E-state index is 0.323. The van der Waals surface area contributed by atoms with E-state index in [-0.39, 0.29) is 0 Å². The van der Waals surface area contributed by atoms with Crippen LogP contribution in [0.4, 0.5) is 0 Å². The molecule has 4 nitrogen and oxygen atoms in total. The Morgan fingerprint density at radius 2 is 2.50 bits per heavy atom. The van der Waals surface area contributed by atoms with Gasteiger partial charge in [0, 0.05) is 0 Å². The molecule has 0 radical (unpaired) electrons. The number of hydrogen-bond acceptors (Lipinski definition) is 3. The van der Waals surface area contributed by atoms with Crippen molar-refractivity contribution in [3.63, 3.8) is 0 Å². The van der Waals surface area contributed by atoms with Crippen molar-refractivity contribution in [2.75, 3.05) is 7.11 Å². The zero-order chi connectivity index (χ0) is 10.8. The predicted molar refractivity (Wildman–Crippen MR) is 50.6 cm³/mol. The van der Waals surface area contributed by atoms with E-state index in [2.05, 4.69) is 6.58 Å². The van der Waals surface area contributed by atoms with Gasteiger partial charge in [0.05, 0.1) is 7.11 Å². The summed E-state index contributed by atoms with van der Waals surface area (Å²) in [6, 6.07) is 0. The third-order valence-corrected chi connectivity index (χ3v) is 2.41. The zero-order valence-electron chi connectivity index (χ0n) is 8.06. The second kappa shape index (κ2) is 3.84. The Morgan fingerprint density at radius 1 is 1.86 bits per heavy atom. The van der Waals surface area contributed by atoms with E-state index in [9.17, 15) is 9.90 Å². The van der Waals surface area contributed by atoms with Gasteiger partial charge in [0.2, 0.25) is 0 Å². The largest absolute Gasteiger partial charge is 0.500 e. The van der Waals surface area contributed by atoms with Gasteiger partial charge in [0.1, 0.15) is 17.3 Å². The lowest BCUT2D eigenvalue weighted by Crippen LogP contribution is -2.49. The molecule has 2 unspecified atom stereocenters. The summed E-state index contributed by atoms with van der Waals surface area (Å²) in [5.74, 6) is -1.67. The molecule has 0 aromatic heterocycles. The molecule has 0 saturated carbocycles. The molecule has 1 aliphatic rings. The molecule has 78 valence electrons. The van der Waals surface area contributed by atoms with Gasteiger partial charge in [-0.3, -0.25) is 4.79 Å². The maximum atomic E-state index is 10.8. The molecule has 0 amide bonds. The molecule has 4 heteroatoms. The highest BCUT2D eigenvalue weighted by atomic mass is 16.5. The van der Waals surface area contributed by atoms with Crippen molar-refractivity contribution in [3.8, 4) is 0 Å². The number of ether oxygens (including phenoxy) is 1. The van der Waals surface area contributed by atoms with Crippen LogP contribution in [0.25, 0.3) is 0 Å². The summed E-state index contributed by atoms with van der Waals surface area (Å²) in [6.07, 6.45) is 4.04. The van der Waals surface area contributed by atoms with Gasteiger partial charge in [-0.05, 0) is 18.9 Å². The summed E-state index contributed by atoms with van der Waals surface area (Å²) in [5.41, 5.74) is -1.27. The lowest BCUT2D eigenvalue weighted by atomic mass is 9.73. The summed E-state index contributed by atoms with van der Waals surface area (Å²) in [6.45, 7) is 3.52. The van der Waals surface area contributed by atoms with Gasteiger partial charge >= 0.3 is 5.97 Å². The Kier molecular flexibility index (Phi) is 2.96. The molecule has 0 aliphatic heterocycles. The topological polar surface area (TPSA) is 66.8 Å². The molecular weight excluding hydrogens is 184 g/mol. The lowest BCUT2D eigenvalue weighted by Gasteiger charge is -2.39. The highest BCUT2D eigenvalue weighted by molar-refractivity contribution is 5.78. The minimum Gasteiger partial charge on any atom is -0.500 e. The van der Waals surface area contributed by atoms with Crippen molar-refractivity contribution in [2.24, 2.45) is 5.92 Å². The first-order valence-corrected chi connectivity index (χ1v) is 4.38. The van der Waals surface area contributed by atoms with E-state index in [0.29, 0.717) is 18.6 Å². The SMILES string of the molecule is C=CCCC1(O)C=C(OC)C1C(=O)O. The molecule has 2 N–H and O–H groups in total. The fourth-order valence-corrected chi connectivity index (χ4v) is 1.63. The highest BCUT2D eigenvalue weighted by Gasteiger charge is 2.51. The van der Waals surface area contributed by atoms with E-state index in [4.69, 9.17) is 9.84 Å². The van der Waals surface area contributed by atoms with Gasteiger partial charge in [-0.25, -0.2) is 0 Å². The monoisotopic (exact) mass is 198 g/mol. The molecule has 1 rings (SSSR count). The van der Waals surface area contributed by atoms with Crippen LogP contribution >= 0.6 is 0 Å². The van der Waals surface area contributed by atoms with Gasteiger partial charge in [0.25, 0.3) is 0 Å². The molecule has 0 spiro atoms. The molecule has 1 aliphatic carbocycles. The second-order valence-corrected chi connectivity index (χ2v) is 3.34. The first-order valence-electron chi connectivity index (χ1n) is 4.38. The van der Waals surface area contributed by atoms with Gasteiger partial charge < -0.3 is 14.9 Å². The number of allylic oxidation sites excluding steroid dienone is 1. The van der Waals surface area contributed by atoms with E-state index in [1.165, 1.54) is 13.2 Å². The van der Waals surface area contributed by atoms with Crippen molar-refractivity contribution >= 4 is 5.97 Å². The van der Waals surface area contributed by atoms with Gasteiger partial charge in [-0.2, -0.15) is 0 Å². The van der Waals surface area contributed by atoms with Crippen LogP contribution in [-0.2, 0) is 9.53 Å². The standard InChI is InChI=1S/C10H14O4/c1-3-4-5-10(13)6-7(14-2)8(10)9(11)12/h3,6,8,13H,1,4-5H2,2H3,(H,11,12). The van der Waals surface area contributed by atoms with Gasteiger partial charge in [-0.15, -0.1) is 6.58 Å². The molecule has 0 saturated heterocycles. The number of hydrogen-bond donors (Lipinski definition) is 2. The lowest BCUT2D eigenvalue weighted by molar-refractivity contribution is -0.152. The smallest absolute Gasteiger partial charge is 0.317 e. The molecular formula is C10H14O4. The van der Waals surface area contributed by atoms with Crippen LogP contribution in [0, 0.1) is 5.92 Å². The Bertz CT molecular complexity index is 282. The highest BCUT2D eigenvalue weighted by Crippen LogP contribution is 2.41. The third kappa shape index (κ3) is 1.65. The molecule has 0 fully saturated rings. The predicted octanol–water partition coefficient (Wildman–Crippen LogP) is 0.928. The third-order valence-electron chi connectivity index (χ3n) is 2.41. The van der Waals surface area contributed by atoms with E-state index in [0.717, 1.165) is 0 Å². The Hall–Kier alpha value is -1.29. The maximum absolute atomic E-state index is 10.8. The molecule has 2 atom stereocenters. The van der Waals surface area contributed by atoms with Crippen LogP contribution < -0.4 is 0 Å². The number of carbonyl (C=O) groups is 1. The van der Waals surface area contributed by atoms with E-state index in [1.807, 2.05) is 0 Å². The van der Waals surface area contributed by atoms with E-state index < -0.39 is 17.5 Å². The second-order valence-electron chi connectivity index (χ2n) is 3.34. The molecule has 0 aromatic rings. The summed E-state index contributed by atoms with van der Waals surface area (Å²) < 4.78 is 4.83. The fourth-order valence-electron chi connectivity index (χ4n) is 1.63. The van der Waals surface area contributed by atoms with Gasteiger partial charge in [-0.1, -0.05) is 6.08 Å². The van der Waals surface area contributed by atoms with Crippen molar-refractivity contribution in [1.29, 1.82) is 0 Å². The first kappa shape index (κ1) is 10.8. The van der Waals surface area contributed by atoms with Crippen LogP contribution in [0.5, 0.6) is 0 Å². The Balaban J connectivity index is 2.76. The van der Waals surface area contributed by atoms with Crippen molar-refractivity contribution in [1.82, 2.24) is 0 Å². The van der Waals surface area contributed by atoms with Crippen LogP contribution in [0.15, 0.2) is 24.5 Å². The first-order chi connectivity index (χ1) is 6.55. The summed E-state index contributed by atoms with van der Waals surface area (Å²) in [7, 11) is 1.40. The number of aliphatic hydroxyl groups is 1. The van der Waals surface area contributed by atoms with Crippen molar-refractivity contribution in [3.05, 3.63) is 24.5 Å². The number of carboxylic acid groups (broad SMARTS) is 1. The Morgan fingerprint density at radius 3 is 2.93 bits per heavy atom. The van der Waals surface area contributed by atoms with E-state index in [1.54, 1.807) is 6.08 Å². The van der Waals surface area contributed by atoms with Crippen LogP contribution in [0.1, 0.15) is 12.8 Å². The van der Waals surface area contributed by atoms with E-state index >= 15 is 0 Å². The van der Waals surface area contributed by atoms with Crippen LogP contribution in [0.2, 0.25) is 0 Å². The molecule has 0 bridgehead atoms. The quantitative estimate of drug-likeness (QED) is 0.645. The Labute approximate surface area is 82.5 Å². The van der Waals surface area contributed by atoms with Crippen molar-refractivity contribution < 1.29 is 19.7 Å². The summed E-state index contributed by atoms with van der Waals surface area (Å²) >= 11 is 0. The summed E-state index contributed by atoms with van der Waals surface area (Å²) in [4.78, 5) is 10.8. The van der Waals surface area contributed by atoms with Crippen LogP contribution in [-0.4, -0.2) is 28.9 Å². The molecule has 0 aromatic carbocycles.